The second-order valence-electron chi connectivity index (χ2n) is 7.89. The third-order valence-corrected chi connectivity index (χ3v) is 7.25. The molecule has 1 heterocycles. The molecule has 1 fully saturated rings. The lowest BCUT2D eigenvalue weighted by molar-refractivity contribution is -0.153. The predicted molar refractivity (Wildman–Crippen MR) is 111 cm³/mol. The van der Waals surface area contributed by atoms with Crippen molar-refractivity contribution in [3.8, 4) is 0 Å². The highest BCUT2D eigenvalue weighted by Gasteiger charge is 2.33. The van der Waals surface area contributed by atoms with E-state index in [2.05, 4.69) is 19.2 Å². The van der Waals surface area contributed by atoms with Gasteiger partial charge in [0.2, 0.25) is 10.0 Å². The molecule has 162 valence electrons. The molecule has 1 aromatic rings. The van der Waals surface area contributed by atoms with Crippen molar-refractivity contribution in [1.29, 1.82) is 0 Å². The lowest BCUT2D eigenvalue weighted by Crippen LogP contribution is -2.41. The summed E-state index contributed by atoms with van der Waals surface area (Å²) in [5.41, 5.74) is 1.09. The molecule has 1 amide bonds. The fraction of sp³-hybridized carbons (Fsp3) is 0.619. The number of amides is 1. The molecular weight excluding hydrogens is 392 g/mol. The average Bonchev–Trinajstić information content (AvgIpc) is 2.72. The van der Waals surface area contributed by atoms with E-state index in [1.54, 1.807) is 12.1 Å². The van der Waals surface area contributed by atoms with Crippen molar-refractivity contribution in [1.82, 2.24) is 9.62 Å². The van der Waals surface area contributed by atoms with E-state index < -0.39 is 16.0 Å². The molecule has 0 saturated carbocycles. The molecule has 0 spiro atoms. The summed E-state index contributed by atoms with van der Waals surface area (Å²) in [6, 6.07) is 6.99. The zero-order chi connectivity index (χ0) is 21.6. The Morgan fingerprint density at radius 1 is 1.14 bits per heavy atom. The van der Waals surface area contributed by atoms with Gasteiger partial charge >= 0.3 is 5.97 Å². The van der Waals surface area contributed by atoms with Crippen LogP contribution >= 0.6 is 0 Å². The van der Waals surface area contributed by atoms with E-state index in [1.807, 2.05) is 26.0 Å². The van der Waals surface area contributed by atoms with E-state index >= 15 is 0 Å². The van der Waals surface area contributed by atoms with Crippen LogP contribution in [0.1, 0.15) is 58.4 Å². The summed E-state index contributed by atoms with van der Waals surface area (Å²) in [4.78, 5) is 24.2. The first-order valence-corrected chi connectivity index (χ1v) is 11.6. The number of hydrogen-bond donors (Lipinski definition) is 1. The summed E-state index contributed by atoms with van der Waals surface area (Å²) in [6.07, 6.45) is 1.57. The Balaban J connectivity index is 1.87. The zero-order valence-corrected chi connectivity index (χ0v) is 18.5. The molecule has 8 heteroatoms. The van der Waals surface area contributed by atoms with Crippen molar-refractivity contribution in [2.75, 3.05) is 19.7 Å². The van der Waals surface area contributed by atoms with Gasteiger partial charge in [0.1, 0.15) is 0 Å². The highest BCUT2D eigenvalue weighted by molar-refractivity contribution is 7.89. The maximum absolute atomic E-state index is 12.8. The lowest BCUT2D eigenvalue weighted by Gasteiger charge is -2.30. The third kappa shape index (κ3) is 6.27. The monoisotopic (exact) mass is 424 g/mol. The summed E-state index contributed by atoms with van der Waals surface area (Å²) in [5, 5.41) is 2.74. The molecule has 1 aromatic carbocycles. The third-order valence-electron chi connectivity index (χ3n) is 5.34. The van der Waals surface area contributed by atoms with Gasteiger partial charge in [0.15, 0.2) is 6.61 Å². The number of hydrogen-bond acceptors (Lipinski definition) is 5. The molecule has 1 aliphatic rings. The van der Waals surface area contributed by atoms with Gasteiger partial charge in [-0.25, -0.2) is 8.42 Å². The Kier molecular flexibility index (Phi) is 8.22. The van der Waals surface area contributed by atoms with Crippen LogP contribution in [0.4, 0.5) is 0 Å². The normalized spacial score (nSPS) is 17.1. The van der Waals surface area contributed by atoms with E-state index in [9.17, 15) is 18.0 Å². The Morgan fingerprint density at radius 2 is 1.72 bits per heavy atom. The van der Waals surface area contributed by atoms with Crippen molar-refractivity contribution in [2.45, 2.75) is 63.8 Å². The van der Waals surface area contributed by atoms with E-state index in [1.165, 1.54) is 4.31 Å². The molecule has 1 aliphatic heterocycles. The largest absolute Gasteiger partial charge is 0.455 e. The predicted octanol–water partition coefficient (Wildman–Crippen LogP) is 2.67. The summed E-state index contributed by atoms with van der Waals surface area (Å²) in [6.45, 7) is 8.16. The number of carbonyl (C=O) groups is 2. The van der Waals surface area contributed by atoms with Gasteiger partial charge in [-0.1, -0.05) is 32.9 Å². The first-order chi connectivity index (χ1) is 13.6. The molecule has 1 N–H and O–H groups in total. The van der Waals surface area contributed by atoms with Crippen molar-refractivity contribution in [2.24, 2.45) is 5.92 Å². The van der Waals surface area contributed by atoms with Crippen LogP contribution < -0.4 is 5.32 Å². The summed E-state index contributed by atoms with van der Waals surface area (Å²) in [5.74, 6) is -0.817. The van der Waals surface area contributed by atoms with E-state index in [-0.39, 0.29) is 42.5 Å². The topological polar surface area (TPSA) is 92.8 Å². The number of nitrogens with zero attached hydrogens (tertiary/aromatic N) is 1. The van der Waals surface area contributed by atoms with Gasteiger partial charge in [0, 0.05) is 19.1 Å². The molecule has 1 saturated heterocycles. The van der Waals surface area contributed by atoms with Crippen LogP contribution in [0, 0.1) is 5.92 Å². The van der Waals surface area contributed by atoms with Crippen LogP contribution in [-0.2, 0) is 24.3 Å². The summed E-state index contributed by atoms with van der Waals surface area (Å²) in [7, 11) is -3.58. The second kappa shape index (κ2) is 10.2. The Labute approximate surface area is 173 Å². The van der Waals surface area contributed by atoms with Gasteiger partial charge in [-0.3, -0.25) is 9.59 Å². The maximum Gasteiger partial charge on any atom is 0.309 e. The minimum atomic E-state index is -3.58. The van der Waals surface area contributed by atoms with E-state index in [0.717, 1.165) is 12.0 Å². The Bertz CT molecular complexity index is 797. The highest BCUT2D eigenvalue weighted by atomic mass is 32.2. The van der Waals surface area contributed by atoms with Gasteiger partial charge < -0.3 is 10.1 Å². The zero-order valence-electron chi connectivity index (χ0n) is 17.7. The SMILES string of the molecule is CCC(C)NC(=O)COC(=O)C1CCN(S(=O)(=O)c2ccc(C(C)C)cc2)CC1. The standard InChI is InChI=1S/C21H32N2O5S/c1-5-16(4)22-20(24)14-28-21(25)18-10-12-23(13-11-18)29(26,27)19-8-6-17(7-9-19)15(2)3/h6-9,15-16,18H,5,10-14H2,1-4H3,(H,22,24). The van der Waals surface area contributed by atoms with Crippen molar-refractivity contribution in [3.63, 3.8) is 0 Å². The minimum Gasteiger partial charge on any atom is -0.455 e. The number of benzene rings is 1. The second-order valence-corrected chi connectivity index (χ2v) is 9.82. The molecule has 0 aromatic heterocycles. The van der Waals surface area contributed by atoms with Gasteiger partial charge in [-0.2, -0.15) is 4.31 Å². The molecule has 29 heavy (non-hydrogen) atoms. The van der Waals surface area contributed by atoms with Gasteiger partial charge in [0.05, 0.1) is 10.8 Å². The van der Waals surface area contributed by atoms with Crippen LogP contribution in [0.3, 0.4) is 0 Å². The highest BCUT2D eigenvalue weighted by Crippen LogP contribution is 2.25. The molecule has 1 atom stereocenters. The quantitative estimate of drug-likeness (QED) is 0.648. The Morgan fingerprint density at radius 3 is 2.24 bits per heavy atom. The van der Waals surface area contributed by atoms with Crippen LogP contribution in [-0.4, -0.2) is 50.3 Å². The first-order valence-electron chi connectivity index (χ1n) is 10.2. The fourth-order valence-corrected chi connectivity index (χ4v) is 4.65. The number of piperidine rings is 1. The van der Waals surface area contributed by atoms with Gasteiger partial charge in [-0.05, 0) is 49.8 Å². The number of carbonyl (C=O) groups excluding carboxylic acids is 2. The van der Waals surface area contributed by atoms with Crippen LogP contribution in [0.15, 0.2) is 29.2 Å². The lowest BCUT2D eigenvalue weighted by atomic mass is 9.98. The van der Waals surface area contributed by atoms with Crippen molar-refractivity contribution < 1.29 is 22.7 Å². The maximum atomic E-state index is 12.8. The number of sulfonamides is 1. The number of rotatable bonds is 8. The Hall–Kier alpha value is -1.93. The van der Waals surface area contributed by atoms with E-state index in [4.69, 9.17) is 4.74 Å². The van der Waals surface area contributed by atoms with Crippen molar-refractivity contribution >= 4 is 21.9 Å². The molecule has 7 nitrogen and oxygen atoms in total. The fourth-order valence-electron chi connectivity index (χ4n) is 3.18. The molecule has 0 bridgehead atoms. The molecule has 0 aliphatic carbocycles. The van der Waals surface area contributed by atoms with Gasteiger partial charge in [0.25, 0.3) is 5.91 Å². The molecular formula is C21H32N2O5S. The van der Waals surface area contributed by atoms with Crippen LogP contribution in [0.5, 0.6) is 0 Å². The number of nitrogens with one attached hydrogen (secondary N) is 1. The van der Waals surface area contributed by atoms with E-state index in [0.29, 0.717) is 18.8 Å². The average molecular weight is 425 g/mol. The molecule has 2 rings (SSSR count). The van der Waals surface area contributed by atoms with Gasteiger partial charge in [-0.15, -0.1) is 0 Å². The van der Waals surface area contributed by atoms with Crippen LogP contribution in [0.25, 0.3) is 0 Å². The summed E-state index contributed by atoms with van der Waals surface area (Å²) < 4.78 is 32.2. The number of ether oxygens (including phenoxy) is 1. The smallest absolute Gasteiger partial charge is 0.309 e. The number of esters is 1. The van der Waals surface area contributed by atoms with Crippen LogP contribution in [0.2, 0.25) is 0 Å². The van der Waals surface area contributed by atoms with Crippen molar-refractivity contribution in [3.05, 3.63) is 29.8 Å². The first kappa shape index (κ1) is 23.3. The minimum absolute atomic E-state index is 0.0317. The molecule has 0 radical (unpaired) electrons. The summed E-state index contributed by atoms with van der Waals surface area (Å²) >= 11 is 0. The molecule has 1 unspecified atom stereocenters.